The van der Waals surface area contributed by atoms with Crippen molar-refractivity contribution in [2.75, 3.05) is 0 Å². The van der Waals surface area contributed by atoms with Crippen molar-refractivity contribution in [1.29, 1.82) is 0 Å². The summed E-state index contributed by atoms with van der Waals surface area (Å²) in [6.45, 7) is 4.75. The topological polar surface area (TPSA) is 3.24 Å². The van der Waals surface area contributed by atoms with E-state index in [-0.39, 0.29) is 12.1 Å². The SMILES string of the molecule is CC(c1ccccc1)N([C@@H](C)c1ccccc1)P(c1cccc2ccccc12)c1cccc2ccccc12. The second-order valence-electron chi connectivity index (χ2n) is 9.86. The summed E-state index contributed by atoms with van der Waals surface area (Å²) in [7, 11) is -0.907. The van der Waals surface area contributed by atoms with Crippen LogP contribution in [0.2, 0.25) is 0 Å². The lowest BCUT2D eigenvalue weighted by Gasteiger charge is -2.42. The van der Waals surface area contributed by atoms with Crippen LogP contribution in [-0.4, -0.2) is 4.67 Å². The van der Waals surface area contributed by atoms with E-state index in [0.29, 0.717) is 0 Å². The zero-order chi connectivity index (χ0) is 25.9. The first-order valence-electron chi connectivity index (χ1n) is 13.4. The zero-order valence-corrected chi connectivity index (χ0v) is 22.8. The Hall–Kier alpha value is -3.77. The first-order valence-corrected chi connectivity index (χ1v) is 14.7. The van der Waals surface area contributed by atoms with Gasteiger partial charge < -0.3 is 0 Å². The van der Waals surface area contributed by atoms with E-state index in [0.717, 1.165) is 0 Å². The van der Waals surface area contributed by atoms with E-state index >= 15 is 0 Å². The summed E-state index contributed by atoms with van der Waals surface area (Å²) in [5, 5.41) is 8.05. The Morgan fingerprint density at radius 2 is 0.789 bits per heavy atom. The molecule has 0 fully saturated rings. The molecule has 0 amide bonds. The Labute approximate surface area is 227 Å². The van der Waals surface area contributed by atoms with Gasteiger partial charge >= 0.3 is 0 Å². The van der Waals surface area contributed by atoms with Gasteiger partial charge in [-0.3, -0.25) is 4.67 Å². The third-order valence-corrected chi connectivity index (χ3v) is 10.4. The second-order valence-corrected chi connectivity index (χ2v) is 11.9. The van der Waals surface area contributed by atoms with Crippen LogP contribution >= 0.6 is 8.07 Å². The monoisotopic (exact) mass is 509 g/mol. The van der Waals surface area contributed by atoms with Gasteiger partial charge in [-0.05, 0) is 46.5 Å². The van der Waals surface area contributed by atoms with Crippen LogP contribution in [0.25, 0.3) is 21.5 Å². The van der Waals surface area contributed by atoms with Crippen molar-refractivity contribution in [1.82, 2.24) is 4.67 Å². The molecule has 1 nitrogen and oxygen atoms in total. The third kappa shape index (κ3) is 4.65. The summed E-state index contributed by atoms with van der Waals surface area (Å²) >= 11 is 0. The molecule has 0 spiro atoms. The van der Waals surface area contributed by atoms with E-state index in [1.54, 1.807) is 0 Å². The van der Waals surface area contributed by atoms with Gasteiger partial charge in [0.15, 0.2) is 0 Å². The highest BCUT2D eigenvalue weighted by molar-refractivity contribution is 7.71. The fraction of sp³-hybridized carbons (Fsp3) is 0.111. The molecule has 0 radical (unpaired) electrons. The van der Waals surface area contributed by atoms with Gasteiger partial charge in [0.1, 0.15) is 0 Å². The molecule has 0 saturated heterocycles. The minimum Gasteiger partial charge on any atom is -0.261 e. The van der Waals surface area contributed by atoms with Crippen LogP contribution in [0.1, 0.15) is 37.1 Å². The van der Waals surface area contributed by atoms with Crippen LogP contribution in [0.4, 0.5) is 0 Å². The van der Waals surface area contributed by atoms with Gasteiger partial charge in [-0.25, -0.2) is 0 Å². The van der Waals surface area contributed by atoms with E-state index in [4.69, 9.17) is 0 Å². The molecule has 186 valence electrons. The number of hydrogen-bond donors (Lipinski definition) is 0. The molecule has 0 aromatic heterocycles. The lowest BCUT2D eigenvalue weighted by molar-refractivity contribution is 0.303. The summed E-state index contributed by atoms with van der Waals surface area (Å²) in [6, 6.07) is 53.7. The number of nitrogens with zero attached hydrogens (tertiary/aromatic N) is 1. The van der Waals surface area contributed by atoms with E-state index in [1.165, 1.54) is 43.3 Å². The minimum absolute atomic E-state index is 0.204. The summed E-state index contributed by atoms with van der Waals surface area (Å²) in [4.78, 5) is 0. The van der Waals surface area contributed by atoms with Crippen molar-refractivity contribution in [3.05, 3.63) is 157 Å². The van der Waals surface area contributed by atoms with Gasteiger partial charge in [-0.1, -0.05) is 146 Å². The van der Waals surface area contributed by atoms with Gasteiger partial charge in [0, 0.05) is 30.8 Å². The molecule has 38 heavy (non-hydrogen) atoms. The highest BCUT2D eigenvalue weighted by atomic mass is 31.1. The summed E-state index contributed by atoms with van der Waals surface area (Å²) in [5.74, 6) is 0. The Morgan fingerprint density at radius 1 is 0.421 bits per heavy atom. The Morgan fingerprint density at radius 3 is 1.24 bits per heavy atom. The normalized spacial score (nSPS) is 13.3. The molecule has 1 unspecified atom stereocenters. The van der Waals surface area contributed by atoms with Crippen LogP contribution in [0.3, 0.4) is 0 Å². The third-order valence-electron chi connectivity index (χ3n) is 7.58. The van der Waals surface area contributed by atoms with Gasteiger partial charge in [0.25, 0.3) is 0 Å². The van der Waals surface area contributed by atoms with Crippen molar-refractivity contribution in [3.8, 4) is 0 Å². The molecule has 0 aliphatic carbocycles. The Bertz CT molecular complexity index is 1530. The van der Waals surface area contributed by atoms with Crippen molar-refractivity contribution in [3.63, 3.8) is 0 Å². The quantitative estimate of drug-likeness (QED) is 0.194. The highest BCUT2D eigenvalue weighted by Crippen LogP contribution is 2.52. The van der Waals surface area contributed by atoms with Crippen LogP contribution < -0.4 is 10.6 Å². The lowest BCUT2D eigenvalue weighted by Crippen LogP contribution is -2.33. The first-order chi connectivity index (χ1) is 18.7. The molecule has 0 heterocycles. The smallest absolute Gasteiger partial charge is 0.0368 e. The molecule has 0 N–H and O–H groups in total. The number of rotatable bonds is 7. The summed E-state index contributed by atoms with van der Waals surface area (Å²) in [6.07, 6.45) is 0. The van der Waals surface area contributed by atoms with Crippen molar-refractivity contribution in [2.24, 2.45) is 0 Å². The van der Waals surface area contributed by atoms with Crippen LogP contribution in [0, 0.1) is 0 Å². The van der Waals surface area contributed by atoms with Crippen LogP contribution in [0.5, 0.6) is 0 Å². The fourth-order valence-corrected chi connectivity index (χ4v) is 8.65. The van der Waals surface area contributed by atoms with Gasteiger partial charge in [-0.2, -0.15) is 0 Å². The zero-order valence-electron chi connectivity index (χ0n) is 21.9. The summed E-state index contributed by atoms with van der Waals surface area (Å²) < 4.78 is 2.78. The molecule has 0 aliphatic rings. The maximum Gasteiger partial charge on any atom is 0.0368 e. The molecule has 6 aromatic carbocycles. The number of fused-ring (bicyclic) bond motifs is 2. The molecule has 6 rings (SSSR count). The summed E-state index contributed by atoms with van der Waals surface area (Å²) in [5.41, 5.74) is 2.67. The van der Waals surface area contributed by atoms with E-state index < -0.39 is 8.07 Å². The molecular weight excluding hydrogens is 477 g/mol. The predicted molar refractivity (Wildman–Crippen MR) is 166 cm³/mol. The van der Waals surface area contributed by atoms with Crippen LogP contribution in [0.15, 0.2) is 146 Å². The standard InChI is InChI=1S/C36H32NP/c1-27(29-15-5-3-6-16-29)37(28(2)30-17-7-4-8-18-30)38(35-25-13-21-31-19-9-11-23-33(31)35)36-26-14-22-32-20-10-12-24-34(32)36/h3-28H,1-2H3/t27-,28?/m0/s1. The van der Waals surface area contributed by atoms with E-state index in [9.17, 15) is 0 Å². The number of hydrogen-bond acceptors (Lipinski definition) is 1. The van der Waals surface area contributed by atoms with Crippen molar-refractivity contribution in [2.45, 2.75) is 25.9 Å². The van der Waals surface area contributed by atoms with E-state index in [2.05, 4.69) is 164 Å². The first kappa shape index (κ1) is 24.6. The second kappa shape index (κ2) is 10.9. The van der Waals surface area contributed by atoms with Crippen molar-refractivity contribution >= 4 is 40.2 Å². The van der Waals surface area contributed by atoms with Crippen LogP contribution in [-0.2, 0) is 0 Å². The fourth-order valence-electron chi connectivity index (χ4n) is 5.61. The molecule has 0 bridgehead atoms. The minimum atomic E-state index is -0.907. The predicted octanol–water partition coefficient (Wildman–Crippen LogP) is 9.17. The lowest BCUT2D eigenvalue weighted by atomic mass is 10.0. The van der Waals surface area contributed by atoms with Gasteiger partial charge in [0.05, 0.1) is 0 Å². The van der Waals surface area contributed by atoms with Gasteiger partial charge in [-0.15, -0.1) is 0 Å². The molecule has 6 aromatic rings. The Kier molecular flexibility index (Phi) is 7.06. The molecule has 0 saturated carbocycles. The molecule has 0 aliphatic heterocycles. The maximum atomic E-state index is 2.78. The largest absolute Gasteiger partial charge is 0.261 e. The molecule has 2 heteroatoms. The maximum absolute atomic E-state index is 2.78. The molecule has 2 atom stereocenters. The average Bonchev–Trinajstić information content (AvgIpc) is 3.00. The van der Waals surface area contributed by atoms with Crippen molar-refractivity contribution < 1.29 is 0 Å². The number of benzene rings is 6. The Balaban J connectivity index is 1.66. The van der Waals surface area contributed by atoms with Gasteiger partial charge in [0.2, 0.25) is 0 Å². The molecular formula is C36H32NP. The van der Waals surface area contributed by atoms with E-state index in [1.807, 2.05) is 0 Å². The highest BCUT2D eigenvalue weighted by Gasteiger charge is 2.34. The average molecular weight is 510 g/mol.